The molecule has 2 N–H and O–H groups in total. The third-order valence-electron chi connectivity index (χ3n) is 8.26. The van der Waals surface area contributed by atoms with Crippen LogP contribution in [-0.2, 0) is 20.5 Å². The summed E-state index contributed by atoms with van der Waals surface area (Å²) in [7, 11) is 3.38. The van der Waals surface area contributed by atoms with Gasteiger partial charge in [0.25, 0.3) is 5.91 Å². The largest absolute Gasteiger partial charge is 0.476 e. The molecule has 10 nitrogen and oxygen atoms in total. The van der Waals surface area contributed by atoms with Gasteiger partial charge in [0.05, 0.1) is 11.0 Å². The fraction of sp³-hybridized carbons (Fsp3) is 0.229. The number of aromatic amines is 1. The number of imidazole rings is 1. The minimum absolute atomic E-state index is 0.0332. The van der Waals surface area contributed by atoms with Gasteiger partial charge >= 0.3 is 5.97 Å². The van der Waals surface area contributed by atoms with Gasteiger partial charge in [-0.1, -0.05) is 24.3 Å². The second-order valence-corrected chi connectivity index (χ2v) is 11.8. The first-order chi connectivity index (χ1) is 23.5. The summed E-state index contributed by atoms with van der Waals surface area (Å²) in [6.07, 6.45) is 6.40. The summed E-state index contributed by atoms with van der Waals surface area (Å²) in [5.74, 6) is -3.32. The van der Waals surface area contributed by atoms with Crippen molar-refractivity contribution in [2.24, 2.45) is 14.1 Å². The minimum Gasteiger partial charge on any atom is -0.476 e. The van der Waals surface area contributed by atoms with E-state index in [0.29, 0.717) is 57.8 Å². The number of H-pyrrole nitrogens is 1. The molecule has 49 heavy (non-hydrogen) atoms. The zero-order valence-electron chi connectivity index (χ0n) is 26.5. The number of carbonyl (C=O) groups excluding carboxylic acids is 1. The number of halogens is 4. The molecule has 14 heteroatoms. The highest BCUT2D eigenvalue weighted by atomic mass is 19.2. The van der Waals surface area contributed by atoms with E-state index >= 15 is 0 Å². The van der Waals surface area contributed by atoms with E-state index in [4.69, 9.17) is 5.11 Å². The molecule has 1 atom stereocenters. The molecule has 0 aliphatic carbocycles. The SMILES string of the molecule is Cn1cc(-c2ccc(F)cc2)c(C(=O)N2CCCCC2Cc2nc3cc(F)c(F)cc3[nH]2)n1.Cn1cc(-c2ccc(F)cc2)c(C(=O)O)n1. The van der Waals surface area contributed by atoms with Crippen LogP contribution in [0.1, 0.15) is 46.1 Å². The van der Waals surface area contributed by atoms with Gasteiger partial charge in [-0.3, -0.25) is 14.2 Å². The lowest BCUT2D eigenvalue weighted by molar-refractivity contribution is 0.0604. The molecule has 1 fully saturated rings. The molecule has 0 radical (unpaired) electrons. The van der Waals surface area contributed by atoms with Crippen molar-refractivity contribution in [2.45, 2.75) is 31.7 Å². The van der Waals surface area contributed by atoms with Crippen LogP contribution in [-0.4, -0.2) is 64.0 Å². The molecule has 1 amide bonds. The first kappa shape index (κ1) is 33.1. The number of fused-ring (bicyclic) bond motifs is 1. The number of piperidine rings is 1. The first-order valence-electron chi connectivity index (χ1n) is 15.4. The number of likely N-dealkylation sites (tertiary alicyclic amines) is 1. The summed E-state index contributed by atoms with van der Waals surface area (Å²) < 4.78 is 56.2. The van der Waals surface area contributed by atoms with Crippen molar-refractivity contribution in [3.63, 3.8) is 0 Å². The van der Waals surface area contributed by atoms with Crippen molar-refractivity contribution < 1.29 is 32.3 Å². The Kier molecular flexibility index (Phi) is 9.29. The third-order valence-corrected chi connectivity index (χ3v) is 8.26. The normalized spacial score (nSPS) is 14.5. The predicted molar refractivity (Wildman–Crippen MR) is 173 cm³/mol. The Morgan fingerprint density at radius 3 is 1.96 bits per heavy atom. The maximum atomic E-state index is 13.6. The van der Waals surface area contributed by atoms with E-state index in [2.05, 4.69) is 20.2 Å². The number of amides is 1. The number of hydrogen-bond acceptors (Lipinski definition) is 5. The maximum absolute atomic E-state index is 13.6. The van der Waals surface area contributed by atoms with Crippen LogP contribution in [0.25, 0.3) is 33.3 Å². The summed E-state index contributed by atoms with van der Waals surface area (Å²) in [4.78, 5) is 33.7. The average molecular weight is 674 g/mol. The Labute approximate surface area is 277 Å². The van der Waals surface area contributed by atoms with Crippen LogP contribution < -0.4 is 0 Å². The zero-order chi connectivity index (χ0) is 34.8. The number of nitrogens with zero attached hydrogens (tertiary/aromatic N) is 6. The van der Waals surface area contributed by atoms with Gasteiger partial charge in [-0.15, -0.1) is 0 Å². The van der Waals surface area contributed by atoms with Crippen LogP contribution in [0, 0.1) is 23.3 Å². The van der Waals surface area contributed by atoms with Crippen LogP contribution >= 0.6 is 0 Å². The van der Waals surface area contributed by atoms with Crippen LogP contribution in [0.15, 0.2) is 73.1 Å². The fourth-order valence-corrected chi connectivity index (χ4v) is 5.97. The predicted octanol–water partition coefficient (Wildman–Crippen LogP) is 6.54. The van der Waals surface area contributed by atoms with Gasteiger partial charge in [0.2, 0.25) is 0 Å². The number of rotatable bonds is 6. The van der Waals surface area contributed by atoms with Crippen molar-refractivity contribution in [1.29, 1.82) is 0 Å². The number of carbonyl (C=O) groups is 2. The summed E-state index contributed by atoms with van der Waals surface area (Å²) in [6.45, 7) is 0.576. The number of aromatic nitrogens is 6. The summed E-state index contributed by atoms with van der Waals surface area (Å²) in [5.41, 5.74) is 3.51. The zero-order valence-corrected chi connectivity index (χ0v) is 26.5. The highest BCUT2D eigenvalue weighted by Gasteiger charge is 2.31. The number of carboxylic acids is 1. The monoisotopic (exact) mass is 673 g/mol. The molecule has 7 rings (SSSR count). The second-order valence-electron chi connectivity index (χ2n) is 11.8. The van der Waals surface area contributed by atoms with Gasteiger partial charge in [-0.05, 0) is 54.7 Å². The highest BCUT2D eigenvalue weighted by molar-refractivity contribution is 5.99. The standard InChI is InChI=1S/C24H22F3N5O.C11H9FN2O2/c1-31-13-17(14-5-7-15(25)8-6-14)23(30-31)24(33)32-9-3-2-4-16(32)10-22-28-20-11-18(26)19(27)12-21(20)29-22;1-14-6-9(10(13-14)11(15)16)7-2-4-8(12)5-3-7/h5-8,11-13,16H,2-4,9-10H2,1H3,(H,28,29);2-6H,1H3,(H,15,16). The molecular weight excluding hydrogens is 642 g/mol. The van der Waals surface area contributed by atoms with E-state index in [9.17, 15) is 27.2 Å². The Morgan fingerprint density at radius 2 is 1.37 bits per heavy atom. The molecule has 1 aliphatic heterocycles. The van der Waals surface area contributed by atoms with E-state index in [1.807, 2.05) is 0 Å². The molecule has 3 aromatic heterocycles. The van der Waals surface area contributed by atoms with Crippen molar-refractivity contribution in [2.75, 3.05) is 6.54 Å². The number of carboxylic acid groups (broad SMARTS) is 1. The Morgan fingerprint density at radius 1 is 0.816 bits per heavy atom. The first-order valence-corrected chi connectivity index (χ1v) is 15.4. The molecule has 0 saturated carbocycles. The molecule has 0 bridgehead atoms. The molecule has 252 valence electrons. The van der Waals surface area contributed by atoms with Crippen LogP contribution in [0.4, 0.5) is 17.6 Å². The van der Waals surface area contributed by atoms with Crippen molar-refractivity contribution in [3.8, 4) is 22.3 Å². The lowest BCUT2D eigenvalue weighted by Gasteiger charge is -2.35. The number of benzene rings is 3. The molecule has 1 aliphatic rings. The molecule has 0 spiro atoms. The minimum atomic E-state index is -1.10. The summed E-state index contributed by atoms with van der Waals surface area (Å²) >= 11 is 0. The smallest absolute Gasteiger partial charge is 0.357 e. The molecule has 4 heterocycles. The Bertz CT molecular complexity index is 2100. The summed E-state index contributed by atoms with van der Waals surface area (Å²) in [5, 5.41) is 17.2. The van der Waals surface area contributed by atoms with Crippen LogP contribution in [0.3, 0.4) is 0 Å². The van der Waals surface area contributed by atoms with Crippen LogP contribution in [0.5, 0.6) is 0 Å². The van der Waals surface area contributed by atoms with Gasteiger partial charge in [-0.25, -0.2) is 27.3 Å². The quantitative estimate of drug-likeness (QED) is 0.194. The third kappa shape index (κ3) is 7.22. The van der Waals surface area contributed by atoms with Gasteiger partial charge in [0, 0.05) is 68.8 Å². The molecule has 6 aromatic rings. The van der Waals surface area contributed by atoms with E-state index in [-0.39, 0.29) is 29.3 Å². The maximum Gasteiger partial charge on any atom is 0.357 e. The number of aromatic carboxylic acids is 1. The van der Waals surface area contributed by atoms with E-state index in [0.717, 1.165) is 31.4 Å². The number of hydrogen-bond donors (Lipinski definition) is 2. The number of nitrogens with one attached hydrogen (secondary N) is 1. The second kappa shape index (κ2) is 13.7. The topological polar surface area (TPSA) is 122 Å². The summed E-state index contributed by atoms with van der Waals surface area (Å²) in [6, 6.07) is 13.6. The van der Waals surface area contributed by atoms with Crippen molar-refractivity contribution in [3.05, 3.63) is 114 Å². The van der Waals surface area contributed by atoms with Crippen molar-refractivity contribution in [1.82, 2.24) is 34.4 Å². The Balaban J connectivity index is 0.000000218. The molecule has 1 unspecified atom stereocenters. The highest BCUT2D eigenvalue weighted by Crippen LogP contribution is 2.29. The van der Waals surface area contributed by atoms with Gasteiger partial charge in [-0.2, -0.15) is 10.2 Å². The van der Waals surface area contributed by atoms with E-state index < -0.39 is 17.6 Å². The average Bonchev–Trinajstić information content (AvgIpc) is 3.78. The molecule has 1 saturated heterocycles. The van der Waals surface area contributed by atoms with Gasteiger partial charge in [0.1, 0.15) is 17.5 Å². The Hall–Kier alpha value is -5.79. The van der Waals surface area contributed by atoms with Gasteiger partial charge < -0.3 is 15.0 Å². The lowest BCUT2D eigenvalue weighted by Crippen LogP contribution is -2.45. The van der Waals surface area contributed by atoms with E-state index in [1.54, 1.807) is 48.2 Å². The van der Waals surface area contributed by atoms with Crippen molar-refractivity contribution >= 4 is 22.9 Å². The fourth-order valence-electron chi connectivity index (χ4n) is 5.97. The lowest BCUT2D eigenvalue weighted by atomic mass is 9.97. The van der Waals surface area contributed by atoms with E-state index in [1.165, 1.54) is 41.1 Å². The molecule has 3 aromatic carbocycles. The molecular formula is C35H31F4N7O3. The van der Waals surface area contributed by atoms with Gasteiger partial charge in [0.15, 0.2) is 23.0 Å². The van der Waals surface area contributed by atoms with Crippen LogP contribution in [0.2, 0.25) is 0 Å². The number of aryl methyl sites for hydroxylation is 2.